The molecule has 0 saturated carbocycles. The molecule has 0 spiro atoms. The number of nitrogens with zero attached hydrogens (tertiary/aromatic N) is 1. The number of nitrogens with one attached hydrogen (secondary N) is 1. The predicted octanol–water partition coefficient (Wildman–Crippen LogP) is -1.87. The summed E-state index contributed by atoms with van der Waals surface area (Å²) in [6.07, 6.45) is -1.34. The average molecular weight is 308 g/mol. The van der Waals surface area contributed by atoms with Gasteiger partial charge in [0.1, 0.15) is 18.3 Å². The summed E-state index contributed by atoms with van der Waals surface area (Å²) in [5.41, 5.74) is 0. The number of aliphatic hydroxyl groups excluding tert-OH is 5. The Morgan fingerprint density at radius 2 is 1.48 bits per heavy atom. The van der Waals surface area contributed by atoms with Crippen LogP contribution in [0.1, 0.15) is 26.2 Å². The first-order valence-electron chi connectivity index (χ1n) is 7.67. The fourth-order valence-corrected chi connectivity index (χ4v) is 2.17. The minimum atomic E-state index is -1.55. The predicted molar refractivity (Wildman–Crippen MR) is 81.0 cm³/mol. The highest BCUT2D eigenvalue weighted by molar-refractivity contribution is 4.81. The number of aliphatic hydroxyl groups is 5. The molecule has 1 aliphatic heterocycles. The van der Waals surface area contributed by atoms with Crippen LogP contribution in [-0.4, -0.2) is 94.7 Å². The van der Waals surface area contributed by atoms with Gasteiger partial charge in [-0.1, -0.05) is 13.3 Å². The molecule has 4 atom stereocenters. The minimum absolute atomic E-state index is 0.0936. The molecule has 1 fully saturated rings. The van der Waals surface area contributed by atoms with Crippen molar-refractivity contribution in [3.05, 3.63) is 0 Å². The Morgan fingerprint density at radius 3 is 1.86 bits per heavy atom. The largest absolute Gasteiger partial charge is 0.394 e. The Morgan fingerprint density at radius 1 is 0.952 bits per heavy atom. The Bertz CT molecular complexity index is 239. The molecule has 128 valence electrons. The average Bonchev–Trinajstić information content (AvgIpc) is 2.54. The third kappa shape index (κ3) is 8.67. The molecule has 1 aliphatic rings. The smallest absolute Gasteiger partial charge is 0.111 e. The second-order valence-electron chi connectivity index (χ2n) is 5.35. The highest BCUT2D eigenvalue weighted by Gasteiger charge is 2.29. The lowest BCUT2D eigenvalue weighted by Crippen LogP contribution is -2.48. The van der Waals surface area contributed by atoms with Gasteiger partial charge in [0, 0.05) is 6.54 Å². The van der Waals surface area contributed by atoms with Crippen molar-refractivity contribution in [1.29, 1.82) is 0 Å². The lowest BCUT2D eigenvalue weighted by atomic mass is 10.0. The number of hydrogen-bond acceptors (Lipinski definition) is 7. The fraction of sp³-hybridized carbons (Fsp3) is 1.00. The number of rotatable bonds is 7. The van der Waals surface area contributed by atoms with E-state index >= 15 is 0 Å². The Hall–Kier alpha value is -0.280. The molecule has 1 saturated heterocycles. The summed E-state index contributed by atoms with van der Waals surface area (Å²) in [5, 5.41) is 47.5. The van der Waals surface area contributed by atoms with Gasteiger partial charge in [-0.3, -0.25) is 0 Å². The van der Waals surface area contributed by atoms with Gasteiger partial charge in [-0.25, -0.2) is 0 Å². The number of likely N-dealkylation sites (tertiary alicyclic amines) is 1. The molecule has 0 aromatic carbocycles. The van der Waals surface area contributed by atoms with Crippen molar-refractivity contribution in [2.75, 3.05) is 39.8 Å². The van der Waals surface area contributed by atoms with Gasteiger partial charge < -0.3 is 35.7 Å². The van der Waals surface area contributed by atoms with Crippen LogP contribution in [0.25, 0.3) is 0 Å². The van der Waals surface area contributed by atoms with Crippen molar-refractivity contribution in [3.63, 3.8) is 0 Å². The van der Waals surface area contributed by atoms with Crippen LogP contribution >= 0.6 is 0 Å². The van der Waals surface area contributed by atoms with Crippen LogP contribution in [0.2, 0.25) is 0 Å². The molecule has 0 aromatic rings. The SMILES string of the molecule is CCN1CCCCC1.CNC[C@H](O)[C@@H](O)[C@H](O)[C@H](O)CO. The molecule has 0 amide bonds. The van der Waals surface area contributed by atoms with E-state index in [9.17, 15) is 5.11 Å². The Balaban J connectivity index is 0.000000423. The molecule has 6 N–H and O–H groups in total. The second kappa shape index (κ2) is 12.3. The zero-order valence-electron chi connectivity index (χ0n) is 13.1. The van der Waals surface area contributed by atoms with Crippen LogP contribution in [0.15, 0.2) is 0 Å². The number of hydrogen-bond donors (Lipinski definition) is 6. The van der Waals surface area contributed by atoms with Crippen molar-refractivity contribution >= 4 is 0 Å². The van der Waals surface area contributed by atoms with Crippen molar-refractivity contribution in [3.8, 4) is 0 Å². The summed E-state index contributed by atoms with van der Waals surface area (Å²) in [6, 6.07) is 0. The van der Waals surface area contributed by atoms with Crippen LogP contribution in [0.3, 0.4) is 0 Å². The fourth-order valence-electron chi connectivity index (χ4n) is 2.17. The van der Waals surface area contributed by atoms with Gasteiger partial charge in [0.25, 0.3) is 0 Å². The molecule has 0 aliphatic carbocycles. The Labute approximate surface area is 127 Å². The van der Waals surface area contributed by atoms with E-state index in [0.717, 1.165) is 0 Å². The molecule has 0 radical (unpaired) electrons. The van der Waals surface area contributed by atoms with Crippen LogP contribution in [0, 0.1) is 0 Å². The van der Waals surface area contributed by atoms with Gasteiger partial charge in [0.15, 0.2) is 0 Å². The maximum atomic E-state index is 9.21. The third-order valence-electron chi connectivity index (χ3n) is 3.63. The maximum Gasteiger partial charge on any atom is 0.111 e. The van der Waals surface area contributed by atoms with Gasteiger partial charge in [0.05, 0.1) is 12.7 Å². The molecule has 7 heteroatoms. The topological polar surface area (TPSA) is 116 Å². The molecule has 0 bridgehead atoms. The summed E-state index contributed by atoms with van der Waals surface area (Å²) in [6.45, 7) is 5.61. The molecule has 7 nitrogen and oxygen atoms in total. The van der Waals surface area contributed by atoms with Gasteiger partial charge in [0.2, 0.25) is 0 Å². The van der Waals surface area contributed by atoms with Gasteiger partial charge in [-0.05, 0) is 39.5 Å². The second-order valence-corrected chi connectivity index (χ2v) is 5.35. The molecule has 0 aromatic heterocycles. The summed E-state index contributed by atoms with van der Waals surface area (Å²) in [5.74, 6) is 0. The van der Waals surface area contributed by atoms with E-state index in [4.69, 9.17) is 20.4 Å². The first-order valence-corrected chi connectivity index (χ1v) is 7.67. The highest BCUT2D eigenvalue weighted by atomic mass is 16.4. The van der Waals surface area contributed by atoms with E-state index in [-0.39, 0.29) is 6.54 Å². The highest BCUT2D eigenvalue weighted by Crippen LogP contribution is 2.06. The van der Waals surface area contributed by atoms with E-state index < -0.39 is 31.0 Å². The maximum absolute atomic E-state index is 9.21. The van der Waals surface area contributed by atoms with E-state index in [0.29, 0.717) is 0 Å². The lowest BCUT2D eigenvalue weighted by molar-refractivity contribution is -0.113. The van der Waals surface area contributed by atoms with Crippen LogP contribution in [-0.2, 0) is 0 Å². The zero-order chi connectivity index (χ0) is 16.3. The molecule has 0 unspecified atom stereocenters. The van der Waals surface area contributed by atoms with Gasteiger partial charge in [-0.15, -0.1) is 0 Å². The summed E-state index contributed by atoms with van der Waals surface area (Å²) in [4.78, 5) is 2.52. The van der Waals surface area contributed by atoms with Crippen LogP contribution in [0.4, 0.5) is 0 Å². The summed E-state index contributed by atoms with van der Waals surface area (Å²) in [7, 11) is 1.57. The monoisotopic (exact) mass is 308 g/mol. The van der Waals surface area contributed by atoms with Crippen molar-refractivity contribution in [1.82, 2.24) is 10.2 Å². The normalized spacial score (nSPS) is 21.9. The lowest BCUT2D eigenvalue weighted by Gasteiger charge is -2.25. The standard InChI is InChI=1S/C7H17NO5.C7H15N/c1-8-2-4(10)6(12)7(13)5(11)3-9;1-2-8-6-4-3-5-7-8/h4-13H,2-3H2,1H3;2-7H2,1H3/t4-,5+,6+,7+;/m0./s1. The van der Waals surface area contributed by atoms with Crippen LogP contribution in [0.5, 0.6) is 0 Å². The first kappa shape index (κ1) is 20.7. The third-order valence-corrected chi connectivity index (χ3v) is 3.63. The van der Waals surface area contributed by atoms with Crippen molar-refractivity contribution in [2.24, 2.45) is 0 Å². The zero-order valence-corrected chi connectivity index (χ0v) is 13.1. The molecule has 1 rings (SSSR count). The quantitative estimate of drug-likeness (QED) is 0.326. The van der Waals surface area contributed by atoms with Crippen molar-refractivity contribution < 1.29 is 25.5 Å². The van der Waals surface area contributed by atoms with E-state index in [2.05, 4.69) is 17.1 Å². The van der Waals surface area contributed by atoms with E-state index in [1.54, 1.807) is 7.05 Å². The minimum Gasteiger partial charge on any atom is -0.394 e. The molecule has 21 heavy (non-hydrogen) atoms. The summed E-state index contributed by atoms with van der Waals surface area (Å²) < 4.78 is 0. The first-order chi connectivity index (χ1) is 9.97. The Kier molecular flexibility index (Phi) is 12.1. The van der Waals surface area contributed by atoms with Crippen molar-refractivity contribution in [2.45, 2.75) is 50.6 Å². The molecular weight excluding hydrogens is 276 g/mol. The van der Waals surface area contributed by atoms with E-state index in [1.807, 2.05) is 0 Å². The number of piperidine rings is 1. The van der Waals surface area contributed by atoms with Crippen LogP contribution < -0.4 is 5.32 Å². The molecular formula is C14H32N2O5. The summed E-state index contributed by atoms with van der Waals surface area (Å²) >= 11 is 0. The molecule has 1 heterocycles. The van der Waals surface area contributed by atoms with E-state index in [1.165, 1.54) is 38.9 Å². The number of likely N-dealkylation sites (N-methyl/N-ethyl adjacent to an activating group) is 1. The van der Waals surface area contributed by atoms with Gasteiger partial charge in [-0.2, -0.15) is 0 Å². The van der Waals surface area contributed by atoms with Gasteiger partial charge >= 0.3 is 0 Å².